The summed E-state index contributed by atoms with van der Waals surface area (Å²) in [4.78, 5) is 4.65. The van der Waals surface area contributed by atoms with Crippen LogP contribution in [0.4, 0.5) is 11.5 Å². The van der Waals surface area contributed by atoms with Crippen LogP contribution in [0.5, 0.6) is 0 Å². The second kappa shape index (κ2) is 5.61. The summed E-state index contributed by atoms with van der Waals surface area (Å²) in [6, 6.07) is 9.74. The fourth-order valence-corrected chi connectivity index (χ4v) is 3.13. The van der Waals surface area contributed by atoms with Gasteiger partial charge in [-0.15, -0.1) is 10.2 Å². The van der Waals surface area contributed by atoms with Crippen molar-refractivity contribution in [2.45, 2.75) is 13.8 Å². The number of rotatable bonds is 2. The molecule has 2 aromatic heterocycles. The lowest BCUT2D eigenvalue weighted by atomic mass is 10.1. The lowest BCUT2D eigenvalue weighted by Crippen LogP contribution is -2.00. The zero-order valence-corrected chi connectivity index (χ0v) is 14.5. The van der Waals surface area contributed by atoms with Crippen LogP contribution in [-0.2, 0) is 0 Å². The van der Waals surface area contributed by atoms with Crippen LogP contribution in [0, 0.1) is 13.8 Å². The van der Waals surface area contributed by atoms with Gasteiger partial charge in [0.25, 0.3) is 0 Å². The highest BCUT2D eigenvalue weighted by Gasteiger charge is 2.13. The fourth-order valence-electron chi connectivity index (χ4n) is 2.82. The van der Waals surface area contributed by atoms with E-state index in [9.17, 15) is 0 Å². The first kappa shape index (κ1) is 15.2. The molecular weight excluding hydrogens is 345 g/mol. The highest BCUT2D eigenvalue weighted by Crippen LogP contribution is 2.30. The average molecular weight is 358 g/mol. The van der Waals surface area contributed by atoms with Crippen molar-refractivity contribution >= 4 is 51.4 Å². The van der Waals surface area contributed by atoms with Gasteiger partial charge in [-0.3, -0.25) is 4.40 Å². The van der Waals surface area contributed by atoms with Crippen LogP contribution in [0.1, 0.15) is 11.1 Å². The molecule has 0 spiro atoms. The minimum Gasteiger partial charge on any atom is -0.337 e. The molecule has 5 nitrogen and oxygen atoms in total. The van der Waals surface area contributed by atoms with E-state index in [4.69, 9.17) is 23.2 Å². The Morgan fingerprint density at radius 3 is 2.42 bits per heavy atom. The third kappa shape index (κ3) is 2.56. The number of benzene rings is 2. The number of anilines is 2. The van der Waals surface area contributed by atoms with E-state index in [1.807, 2.05) is 4.40 Å². The van der Waals surface area contributed by atoms with E-state index >= 15 is 0 Å². The quantitative estimate of drug-likeness (QED) is 0.551. The van der Waals surface area contributed by atoms with Gasteiger partial charge < -0.3 is 5.32 Å². The van der Waals surface area contributed by atoms with E-state index in [1.54, 1.807) is 18.5 Å². The number of halogens is 2. The average Bonchev–Trinajstić information content (AvgIpc) is 2.98. The van der Waals surface area contributed by atoms with Crippen molar-refractivity contribution in [2.24, 2.45) is 0 Å². The maximum Gasteiger partial charge on any atom is 0.204 e. The summed E-state index contributed by atoms with van der Waals surface area (Å²) in [7, 11) is 0. The fraction of sp³-hybridized carbons (Fsp3) is 0.118. The van der Waals surface area contributed by atoms with Crippen molar-refractivity contribution in [3.05, 3.63) is 57.8 Å². The summed E-state index contributed by atoms with van der Waals surface area (Å²) in [5.74, 6) is 0.614. The number of aromatic nitrogens is 4. The molecule has 1 N–H and O–H groups in total. The van der Waals surface area contributed by atoms with Crippen molar-refractivity contribution in [1.29, 1.82) is 0 Å². The molecule has 0 amide bonds. The molecule has 0 aliphatic rings. The van der Waals surface area contributed by atoms with Crippen LogP contribution in [0.2, 0.25) is 10.0 Å². The molecule has 0 aliphatic carbocycles. The third-order valence-electron chi connectivity index (χ3n) is 3.75. The van der Waals surface area contributed by atoms with Gasteiger partial charge in [0.2, 0.25) is 5.65 Å². The number of nitrogens with one attached hydrogen (secondary N) is 1. The molecule has 0 saturated carbocycles. The SMILES string of the molecule is Cc1cc(C)cc(Nc2nc3cc(Cl)c(Cl)cc3n3cnnc23)c1. The standard InChI is InChI=1S/C17H13Cl2N5/c1-9-3-10(2)5-11(4-9)21-16-17-23-20-8-24(17)15-7-13(19)12(18)6-14(15)22-16/h3-8H,1-2H3,(H,21,22). The van der Waals surface area contributed by atoms with Crippen molar-refractivity contribution in [2.75, 3.05) is 5.32 Å². The molecule has 0 fully saturated rings. The first-order valence-electron chi connectivity index (χ1n) is 7.35. The third-order valence-corrected chi connectivity index (χ3v) is 4.48. The van der Waals surface area contributed by atoms with Gasteiger partial charge >= 0.3 is 0 Å². The van der Waals surface area contributed by atoms with Gasteiger partial charge in [0, 0.05) is 5.69 Å². The van der Waals surface area contributed by atoms with Gasteiger partial charge in [-0.1, -0.05) is 29.3 Å². The first-order chi connectivity index (χ1) is 11.5. The molecule has 0 saturated heterocycles. The van der Waals surface area contributed by atoms with E-state index in [0.29, 0.717) is 27.0 Å². The lowest BCUT2D eigenvalue weighted by Gasteiger charge is -2.11. The largest absolute Gasteiger partial charge is 0.337 e. The summed E-state index contributed by atoms with van der Waals surface area (Å²) in [5, 5.41) is 12.4. The van der Waals surface area contributed by atoms with Crippen LogP contribution in [0.3, 0.4) is 0 Å². The van der Waals surface area contributed by atoms with Gasteiger partial charge in [-0.2, -0.15) is 0 Å². The number of fused-ring (bicyclic) bond motifs is 3. The first-order valence-corrected chi connectivity index (χ1v) is 8.11. The summed E-state index contributed by atoms with van der Waals surface area (Å²) >= 11 is 12.3. The van der Waals surface area contributed by atoms with E-state index in [-0.39, 0.29) is 0 Å². The van der Waals surface area contributed by atoms with Gasteiger partial charge in [0.05, 0.1) is 21.1 Å². The topological polar surface area (TPSA) is 55.1 Å². The van der Waals surface area contributed by atoms with Crippen molar-refractivity contribution in [1.82, 2.24) is 19.6 Å². The smallest absolute Gasteiger partial charge is 0.204 e. The van der Waals surface area contributed by atoms with Crippen LogP contribution >= 0.6 is 23.2 Å². The van der Waals surface area contributed by atoms with Crippen LogP contribution in [0.15, 0.2) is 36.7 Å². The Morgan fingerprint density at radius 1 is 0.958 bits per heavy atom. The van der Waals surface area contributed by atoms with Gasteiger partial charge in [0.1, 0.15) is 6.33 Å². The van der Waals surface area contributed by atoms with E-state index in [1.165, 1.54) is 11.1 Å². The molecular formula is C17H13Cl2N5. The Morgan fingerprint density at radius 2 is 1.67 bits per heavy atom. The molecule has 2 heterocycles. The normalized spacial score (nSPS) is 11.3. The molecule has 24 heavy (non-hydrogen) atoms. The highest BCUT2D eigenvalue weighted by molar-refractivity contribution is 6.42. The molecule has 2 aromatic carbocycles. The molecule has 0 bridgehead atoms. The maximum absolute atomic E-state index is 6.13. The predicted molar refractivity (Wildman–Crippen MR) is 97.5 cm³/mol. The number of hydrogen-bond donors (Lipinski definition) is 1. The number of aryl methyl sites for hydroxylation is 2. The Bertz CT molecular complexity index is 1070. The van der Waals surface area contributed by atoms with Crippen molar-refractivity contribution < 1.29 is 0 Å². The molecule has 0 radical (unpaired) electrons. The van der Waals surface area contributed by atoms with Crippen LogP contribution < -0.4 is 5.32 Å². The minimum atomic E-state index is 0.460. The lowest BCUT2D eigenvalue weighted by molar-refractivity contribution is 1.11. The molecule has 0 aliphatic heterocycles. The Hall–Kier alpha value is -2.37. The van der Waals surface area contributed by atoms with Crippen molar-refractivity contribution in [3.63, 3.8) is 0 Å². The van der Waals surface area contributed by atoms with Gasteiger partial charge in [-0.05, 0) is 49.2 Å². The Balaban J connectivity index is 1.93. The Labute approximate surface area is 148 Å². The zero-order chi connectivity index (χ0) is 16.8. The predicted octanol–water partition coefficient (Wildman–Crippen LogP) is 4.94. The van der Waals surface area contributed by atoms with E-state index < -0.39 is 0 Å². The second-order valence-electron chi connectivity index (χ2n) is 5.74. The summed E-state index contributed by atoms with van der Waals surface area (Å²) in [5.41, 5.74) is 5.43. The highest BCUT2D eigenvalue weighted by atomic mass is 35.5. The summed E-state index contributed by atoms with van der Waals surface area (Å²) in [6.45, 7) is 4.11. The number of nitrogens with zero attached hydrogens (tertiary/aromatic N) is 4. The molecule has 0 atom stereocenters. The van der Waals surface area contributed by atoms with Crippen molar-refractivity contribution in [3.8, 4) is 0 Å². The van der Waals surface area contributed by atoms with Gasteiger partial charge in [0.15, 0.2) is 5.82 Å². The number of hydrogen-bond acceptors (Lipinski definition) is 4. The van der Waals surface area contributed by atoms with Gasteiger partial charge in [-0.25, -0.2) is 4.98 Å². The molecule has 120 valence electrons. The maximum atomic E-state index is 6.13. The zero-order valence-electron chi connectivity index (χ0n) is 13.0. The Kier molecular flexibility index (Phi) is 3.55. The van der Waals surface area contributed by atoms with Crippen LogP contribution in [-0.4, -0.2) is 19.6 Å². The van der Waals surface area contributed by atoms with E-state index in [2.05, 4.69) is 52.5 Å². The molecule has 7 heteroatoms. The molecule has 0 unspecified atom stereocenters. The summed E-state index contributed by atoms with van der Waals surface area (Å²) < 4.78 is 1.84. The van der Waals surface area contributed by atoms with Crippen LogP contribution in [0.25, 0.3) is 16.7 Å². The van der Waals surface area contributed by atoms with E-state index in [0.717, 1.165) is 11.2 Å². The monoisotopic (exact) mass is 357 g/mol. The second-order valence-corrected chi connectivity index (χ2v) is 6.56. The molecule has 4 aromatic rings. The summed E-state index contributed by atoms with van der Waals surface area (Å²) in [6.07, 6.45) is 1.64. The molecule has 4 rings (SSSR count). The minimum absolute atomic E-state index is 0.460.